The van der Waals surface area contributed by atoms with Gasteiger partial charge in [-0.15, -0.1) is 0 Å². The molecule has 1 aromatic heterocycles. The lowest BCUT2D eigenvalue weighted by molar-refractivity contribution is -0.124. The molecule has 1 rings (SSSR count). The summed E-state index contributed by atoms with van der Waals surface area (Å²) in [6.07, 6.45) is 1.45. The predicted molar refractivity (Wildman–Crippen MR) is 51.5 cm³/mol. The molecule has 76 valence electrons. The van der Waals surface area contributed by atoms with E-state index in [1.807, 2.05) is 0 Å². The fourth-order valence-electron chi connectivity index (χ4n) is 1.23. The normalized spacial score (nSPS) is 9.93. The first-order chi connectivity index (χ1) is 6.45. The average Bonchev–Trinajstić information content (AvgIpc) is 2.34. The summed E-state index contributed by atoms with van der Waals surface area (Å²) in [6.45, 7) is 2.60. The Balaban J connectivity index is 3.24. The average molecular weight is 196 g/mol. The largest absolute Gasteiger partial charge is 0.381 e. The number of aromatic nitrogens is 2. The molecule has 6 nitrogen and oxygen atoms in total. The first kappa shape index (κ1) is 10.2. The van der Waals surface area contributed by atoms with Crippen LogP contribution < -0.4 is 10.6 Å². The Kier molecular flexibility index (Phi) is 2.55. The van der Waals surface area contributed by atoms with Gasteiger partial charge >= 0.3 is 0 Å². The van der Waals surface area contributed by atoms with Crippen molar-refractivity contribution in [2.75, 3.05) is 10.6 Å². The van der Waals surface area contributed by atoms with E-state index < -0.39 is 0 Å². The van der Waals surface area contributed by atoms with E-state index >= 15 is 0 Å². The third-order valence-corrected chi connectivity index (χ3v) is 1.77. The highest BCUT2D eigenvalue weighted by atomic mass is 16.2. The van der Waals surface area contributed by atoms with Crippen molar-refractivity contribution in [2.45, 2.75) is 13.8 Å². The summed E-state index contributed by atoms with van der Waals surface area (Å²) in [5.41, 5.74) is 5.54. The van der Waals surface area contributed by atoms with Crippen molar-refractivity contribution < 1.29 is 9.59 Å². The van der Waals surface area contributed by atoms with E-state index in [4.69, 9.17) is 5.73 Å². The second kappa shape index (κ2) is 3.49. The molecule has 1 heterocycles. The van der Waals surface area contributed by atoms with Crippen LogP contribution in [0, 0.1) is 0 Å². The second-order valence-corrected chi connectivity index (χ2v) is 2.94. The third kappa shape index (κ3) is 1.59. The summed E-state index contributed by atoms with van der Waals surface area (Å²) in [6, 6.07) is 0. The molecule has 0 aliphatic rings. The number of amides is 2. The van der Waals surface area contributed by atoms with Crippen LogP contribution in [-0.4, -0.2) is 21.4 Å². The Hall–Kier alpha value is -1.85. The Morgan fingerprint density at radius 1 is 1.43 bits per heavy atom. The molecule has 1 aromatic rings. The molecule has 0 saturated heterocycles. The molecule has 0 fully saturated rings. The number of nitrogen functional groups attached to an aromatic ring is 1. The number of carbonyl (C=O) groups excluding carboxylic acids is 2. The first-order valence-electron chi connectivity index (χ1n) is 4.03. The Morgan fingerprint density at radius 2 is 1.93 bits per heavy atom. The summed E-state index contributed by atoms with van der Waals surface area (Å²) in [5, 5.41) is 0. The molecule has 0 spiro atoms. The van der Waals surface area contributed by atoms with Gasteiger partial charge in [0.1, 0.15) is 0 Å². The van der Waals surface area contributed by atoms with Gasteiger partial charge in [0.25, 0.3) is 0 Å². The van der Waals surface area contributed by atoms with Crippen LogP contribution in [0.2, 0.25) is 0 Å². The molecule has 0 saturated carbocycles. The number of carbonyl (C=O) groups is 2. The van der Waals surface area contributed by atoms with Gasteiger partial charge in [-0.05, 0) is 0 Å². The number of aryl methyl sites for hydroxylation is 1. The molecule has 2 amide bonds. The molecular weight excluding hydrogens is 184 g/mol. The van der Waals surface area contributed by atoms with Crippen LogP contribution in [0.25, 0.3) is 0 Å². The highest BCUT2D eigenvalue weighted by Gasteiger charge is 2.22. The maximum absolute atomic E-state index is 11.2. The summed E-state index contributed by atoms with van der Waals surface area (Å²) >= 11 is 0. The molecule has 0 unspecified atom stereocenters. The van der Waals surface area contributed by atoms with E-state index in [0.29, 0.717) is 5.82 Å². The summed E-state index contributed by atoms with van der Waals surface area (Å²) in [7, 11) is 1.66. The number of nitrogens with two attached hydrogens (primary N) is 1. The Morgan fingerprint density at radius 3 is 2.21 bits per heavy atom. The van der Waals surface area contributed by atoms with Crippen molar-refractivity contribution in [2.24, 2.45) is 7.05 Å². The Labute approximate surface area is 81.3 Å². The van der Waals surface area contributed by atoms with Crippen molar-refractivity contribution in [3.05, 3.63) is 6.33 Å². The zero-order valence-electron chi connectivity index (χ0n) is 8.31. The third-order valence-electron chi connectivity index (χ3n) is 1.77. The number of hydrogen-bond donors (Lipinski definition) is 1. The molecule has 0 aromatic carbocycles. The number of anilines is 2. The lowest BCUT2D eigenvalue weighted by Crippen LogP contribution is -2.35. The van der Waals surface area contributed by atoms with Crippen molar-refractivity contribution in [3.63, 3.8) is 0 Å². The van der Waals surface area contributed by atoms with E-state index in [-0.39, 0.29) is 17.6 Å². The second-order valence-electron chi connectivity index (χ2n) is 2.94. The minimum absolute atomic E-state index is 0.165. The monoisotopic (exact) mass is 196 g/mol. The number of nitrogens with zero attached hydrogens (tertiary/aromatic N) is 3. The van der Waals surface area contributed by atoms with Crippen LogP contribution in [-0.2, 0) is 16.6 Å². The van der Waals surface area contributed by atoms with Gasteiger partial charge in [0.05, 0.1) is 6.33 Å². The van der Waals surface area contributed by atoms with E-state index in [0.717, 1.165) is 4.90 Å². The quantitative estimate of drug-likeness (QED) is 0.680. The van der Waals surface area contributed by atoms with E-state index in [1.165, 1.54) is 24.7 Å². The van der Waals surface area contributed by atoms with E-state index in [9.17, 15) is 9.59 Å². The molecule has 14 heavy (non-hydrogen) atoms. The lowest BCUT2D eigenvalue weighted by Gasteiger charge is -2.17. The van der Waals surface area contributed by atoms with Gasteiger partial charge in [0.2, 0.25) is 11.8 Å². The van der Waals surface area contributed by atoms with Crippen LogP contribution in [0.5, 0.6) is 0 Å². The summed E-state index contributed by atoms with van der Waals surface area (Å²) in [4.78, 5) is 27.2. The first-order valence-corrected chi connectivity index (χ1v) is 4.03. The van der Waals surface area contributed by atoms with Crippen LogP contribution in [0.3, 0.4) is 0 Å². The van der Waals surface area contributed by atoms with Crippen LogP contribution >= 0.6 is 0 Å². The minimum atomic E-state index is -0.382. The van der Waals surface area contributed by atoms with Crippen molar-refractivity contribution in [1.29, 1.82) is 0 Å². The zero-order chi connectivity index (χ0) is 10.9. The smallest absolute Gasteiger partial charge is 0.231 e. The fraction of sp³-hybridized carbons (Fsp3) is 0.375. The number of imide groups is 1. The van der Waals surface area contributed by atoms with Crippen LogP contribution in [0.4, 0.5) is 11.6 Å². The number of rotatable bonds is 1. The van der Waals surface area contributed by atoms with Crippen LogP contribution in [0.1, 0.15) is 13.8 Å². The maximum Gasteiger partial charge on any atom is 0.231 e. The van der Waals surface area contributed by atoms with Crippen molar-refractivity contribution in [3.8, 4) is 0 Å². The number of imidazole rings is 1. The molecule has 6 heteroatoms. The summed E-state index contributed by atoms with van der Waals surface area (Å²) in [5.74, 6) is -0.288. The zero-order valence-corrected chi connectivity index (χ0v) is 8.31. The van der Waals surface area contributed by atoms with Crippen LogP contribution in [0.15, 0.2) is 6.33 Å². The van der Waals surface area contributed by atoms with Gasteiger partial charge in [-0.1, -0.05) is 0 Å². The van der Waals surface area contributed by atoms with Gasteiger partial charge in [0.15, 0.2) is 11.6 Å². The molecular formula is C8H12N4O2. The highest BCUT2D eigenvalue weighted by Crippen LogP contribution is 2.20. The van der Waals surface area contributed by atoms with Gasteiger partial charge in [-0.3, -0.25) is 9.59 Å². The van der Waals surface area contributed by atoms with E-state index in [2.05, 4.69) is 4.98 Å². The fourth-order valence-corrected chi connectivity index (χ4v) is 1.23. The highest BCUT2D eigenvalue weighted by molar-refractivity contribution is 6.13. The van der Waals surface area contributed by atoms with Gasteiger partial charge < -0.3 is 10.3 Å². The van der Waals surface area contributed by atoms with Gasteiger partial charge in [-0.2, -0.15) is 0 Å². The molecule has 0 aliphatic heterocycles. The summed E-state index contributed by atoms with van der Waals surface area (Å²) < 4.78 is 1.53. The van der Waals surface area contributed by atoms with Gasteiger partial charge in [0, 0.05) is 20.9 Å². The molecule has 0 radical (unpaired) electrons. The SMILES string of the molecule is CC(=O)N(C(C)=O)c1c(N)ncn1C. The van der Waals surface area contributed by atoms with Crippen molar-refractivity contribution >= 4 is 23.5 Å². The number of hydrogen-bond acceptors (Lipinski definition) is 4. The minimum Gasteiger partial charge on any atom is -0.381 e. The maximum atomic E-state index is 11.2. The van der Waals surface area contributed by atoms with E-state index in [1.54, 1.807) is 7.05 Å². The molecule has 0 aliphatic carbocycles. The van der Waals surface area contributed by atoms with Crippen molar-refractivity contribution in [1.82, 2.24) is 9.55 Å². The lowest BCUT2D eigenvalue weighted by atomic mass is 10.4. The molecule has 0 atom stereocenters. The standard InChI is InChI=1S/C8H12N4O2/c1-5(13)12(6(2)14)8-7(9)10-4-11(8)3/h4H,9H2,1-3H3. The Bertz CT molecular complexity index is 349. The predicted octanol–water partition coefficient (Wildman–Crippen LogP) is -0.0983. The molecule has 2 N–H and O–H groups in total. The van der Waals surface area contributed by atoms with Gasteiger partial charge in [-0.25, -0.2) is 9.88 Å². The topological polar surface area (TPSA) is 81.2 Å². The molecule has 0 bridgehead atoms.